The highest BCUT2D eigenvalue weighted by Crippen LogP contribution is 2.53. The molecule has 1 aliphatic carbocycles. The number of hydrogen-bond acceptors (Lipinski definition) is 3. The summed E-state index contributed by atoms with van der Waals surface area (Å²) in [5.41, 5.74) is 0.250. The van der Waals surface area contributed by atoms with E-state index in [-0.39, 0.29) is 17.3 Å². The van der Waals surface area contributed by atoms with Crippen LogP contribution in [-0.2, 0) is 0 Å². The molecule has 4 aliphatic rings. The lowest BCUT2D eigenvalue weighted by atomic mass is 9.77. The quantitative estimate of drug-likeness (QED) is 0.915. The fraction of sp³-hybridized carbons (Fsp3) is 0.500. The third-order valence-electron chi connectivity index (χ3n) is 5.97. The molecule has 4 heterocycles. The van der Waals surface area contributed by atoms with E-state index in [0.29, 0.717) is 16.8 Å². The summed E-state index contributed by atoms with van der Waals surface area (Å²) < 4.78 is 14.2. The van der Waals surface area contributed by atoms with E-state index in [9.17, 15) is 9.18 Å². The minimum absolute atomic E-state index is 0.0108. The van der Waals surface area contributed by atoms with Crippen molar-refractivity contribution >= 4 is 27.3 Å². The van der Waals surface area contributed by atoms with E-state index in [1.54, 1.807) is 6.07 Å². The molecule has 1 spiro atoms. The van der Waals surface area contributed by atoms with Crippen LogP contribution in [0.15, 0.2) is 24.3 Å². The maximum Gasteiger partial charge on any atom is 0.261 e. The molecule has 3 nitrogen and oxygen atoms in total. The van der Waals surface area contributed by atoms with Crippen molar-refractivity contribution in [2.75, 3.05) is 13.1 Å². The standard InChI is InChI=1S/C18H19FN2OS/c19-13-2-1-12-9-15(23-14(12)10-13)17(22)20-16-11-3-7-21(8-4-11)18(16)5-6-18/h1-2,9-11,16H,3-8H2,(H,20,22). The SMILES string of the molecule is O=C(NC1C2CCN(CC2)C12CC2)c1cc2ccc(F)cc2s1. The van der Waals surface area contributed by atoms with Crippen molar-refractivity contribution in [2.45, 2.75) is 37.3 Å². The predicted molar refractivity (Wildman–Crippen MR) is 89.3 cm³/mol. The molecular formula is C18H19FN2OS. The minimum Gasteiger partial charge on any atom is -0.346 e. The van der Waals surface area contributed by atoms with Crippen molar-refractivity contribution in [3.8, 4) is 0 Å². The molecule has 1 aromatic carbocycles. The summed E-state index contributed by atoms with van der Waals surface area (Å²) in [6.45, 7) is 2.39. The van der Waals surface area contributed by atoms with Gasteiger partial charge in [0.05, 0.1) is 10.9 Å². The third kappa shape index (κ3) is 2.06. The molecule has 5 heteroatoms. The van der Waals surface area contributed by atoms with Gasteiger partial charge in [-0.25, -0.2) is 4.39 Å². The molecule has 3 aliphatic heterocycles. The monoisotopic (exact) mass is 330 g/mol. The Morgan fingerprint density at radius 3 is 2.78 bits per heavy atom. The van der Waals surface area contributed by atoms with Crippen LogP contribution in [0.4, 0.5) is 4.39 Å². The van der Waals surface area contributed by atoms with Gasteiger partial charge in [-0.15, -0.1) is 11.3 Å². The third-order valence-corrected chi connectivity index (χ3v) is 7.07. The molecule has 2 bridgehead atoms. The zero-order valence-corrected chi connectivity index (χ0v) is 13.7. The second kappa shape index (κ2) is 4.77. The number of thiophene rings is 1. The van der Waals surface area contributed by atoms with E-state index in [4.69, 9.17) is 0 Å². The number of hydrogen-bond donors (Lipinski definition) is 1. The van der Waals surface area contributed by atoms with Crippen LogP contribution >= 0.6 is 11.3 Å². The van der Waals surface area contributed by atoms with Crippen molar-refractivity contribution in [3.63, 3.8) is 0 Å². The Kier molecular flexibility index (Phi) is 2.89. The Balaban J connectivity index is 1.42. The maximum atomic E-state index is 13.3. The fourth-order valence-electron chi connectivity index (χ4n) is 4.65. The molecule has 0 radical (unpaired) electrons. The van der Waals surface area contributed by atoms with Gasteiger partial charge in [-0.1, -0.05) is 6.07 Å². The first-order valence-corrected chi connectivity index (χ1v) is 9.22. The maximum absolute atomic E-state index is 13.3. The Hall–Kier alpha value is -1.46. The number of amides is 1. The molecule has 6 rings (SSSR count). The van der Waals surface area contributed by atoms with Crippen LogP contribution in [0.25, 0.3) is 10.1 Å². The second-order valence-corrected chi connectivity index (χ2v) is 8.26. The van der Waals surface area contributed by atoms with Gasteiger partial charge in [-0.05, 0) is 68.3 Å². The number of halogens is 1. The Bertz CT molecular complexity index is 789. The largest absolute Gasteiger partial charge is 0.346 e. The molecule has 120 valence electrons. The van der Waals surface area contributed by atoms with Crippen LogP contribution in [0.2, 0.25) is 0 Å². The molecule has 1 saturated carbocycles. The van der Waals surface area contributed by atoms with Crippen LogP contribution in [0.5, 0.6) is 0 Å². The van der Waals surface area contributed by atoms with Crippen LogP contribution in [0, 0.1) is 11.7 Å². The molecule has 1 N–H and O–H groups in total. The molecule has 3 saturated heterocycles. The van der Waals surface area contributed by atoms with Crippen LogP contribution in [0.3, 0.4) is 0 Å². The van der Waals surface area contributed by atoms with Gasteiger partial charge in [-0.3, -0.25) is 9.69 Å². The Labute approximate surface area is 138 Å². The minimum atomic E-state index is -0.249. The molecule has 23 heavy (non-hydrogen) atoms. The average molecular weight is 330 g/mol. The zero-order chi connectivity index (χ0) is 15.6. The predicted octanol–water partition coefficient (Wildman–Crippen LogP) is 3.40. The van der Waals surface area contributed by atoms with Gasteiger partial charge in [0.2, 0.25) is 0 Å². The fourth-order valence-corrected chi connectivity index (χ4v) is 5.64. The first kappa shape index (κ1) is 13.9. The molecule has 4 fully saturated rings. The molecule has 1 aromatic heterocycles. The van der Waals surface area contributed by atoms with E-state index in [0.717, 1.165) is 10.1 Å². The van der Waals surface area contributed by atoms with Gasteiger partial charge in [0.1, 0.15) is 5.82 Å². The summed E-state index contributed by atoms with van der Waals surface area (Å²) in [7, 11) is 0. The van der Waals surface area contributed by atoms with Crippen molar-refractivity contribution in [1.82, 2.24) is 10.2 Å². The highest BCUT2D eigenvalue weighted by atomic mass is 32.1. The summed E-state index contributed by atoms with van der Waals surface area (Å²) in [4.78, 5) is 16.0. The van der Waals surface area contributed by atoms with Gasteiger partial charge < -0.3 is 5.32 Å². The van der Waals surface area contributed by atoms with Crippen LogP contribution < -0.4 is 5.32 Å². The van der Waals surface area contributed by atoms with Gasteiger partial charge in [0.25, 0.3) is 5.91 Å². The lowest BCUT2D eigenvalue weighted by molar-refractivity contribution is -0.00138. The number of carbonyl (C=O) groups is 1. The molecule has 1 amide bonds. The lowest BCUT2D eigenvalue weighted by Gasteiger charge is -2.52. The number of nitrogens with one attached hydrogen (secondary N) is 1. The van der Waals surface area contributed by atoms with Gasteiger partial charge >= 0.3 is 0 Å². The van der Waals surface area contributed by atoms with Crippen molar-refractivity contribution in [2.24, 2.45) is 5.92 Å². The van der Waals surface area contributed by atoms with Gasteiger partial charge in [0.15, 0.2) is 0 Å². The average Bonchev–Trinajstić information content (AvgIpc) is 3.22. The van der Waals surface area contributed by atoms with Crippen molar-refractivity contribution < 1.29 is 9.18 Å². The normalized spacial score (nSPS) is 30.7. The molecule has 1 unspecified atom stereocenters. The number of rotatable bonds is 2. The van der Waals surface area contributed by atoms with E-state index in [1.165, 1.54) is 62.2 Å². The lowest BCUT2D eigenvalue weighted by Crippen LogP contribution is -2.65. The first-order chi connectivity index (χ1) is 11.2. The van der Waals surface area contributed by atoms with E-state index >= 15 is 0 Å². The summed E-state index contributed by atoms with van der Waals surface area (Å²) in [5, 5.41) is 4.27. The van der Waals surface area contributed by atoms with Gasteiger partial charge in [0, 0.05) is 10.2 Å². The summed E-state index contributed by atoms with van der Waals surface area (Å²) in [6, 6.07) is 6.88. The van der Waals surface area contributed by atoms with E-state index in [2.05, 4.69) is 10.2 Å². The Morgan fingerprint density at radius 1 is 1.26 bits per heavy atom. The topological polar surface area (TPSA) is 32.3 Å². The van der Waals surface area contributed by atoms with E-state index in [1.807, 2.05) is 6.07 Å². The molecule has 2 aromatic rings. The molecular weight excluding hydrogens is 311 g/mol. The number of nitrogens with zero attached hydrogens (tertiary/aromatic N) is 1. The van der Waals surface area contributed by atoms with E-state index < -0.39 is 0 Å². The Morgan fingerprint density at radius 2 is 2.04 bits per heavy atom. The van der Waals surface area contributed by atoms with Crippen LogP contribution in [0.1, 0.15) is 35.4 Å². The number of benzene rings is 1. The summed E-state index contributed by atoms with van der Waals surface area (Å²) in [5.74, 6) is 0.385. The highest BCUT2D eigenvalue weighted by molar-refractivity contribution is 7.20. The highest BCUT2D eigenvalue weighted by Gasteiger charge is 2.60. The summed E-state index contributed by atoms with van der Waals surface area (Å²) >= 11 is 1.38. The number of piperidine rings is 3. The van der Waals surface area contributed by atoms with Crippen molar-refractivity contribution in [1.29, 1.82) is 0 Å². The second-order valence-electron chi connectivity index (χ2n) is 7.17. The number of fused-ring (bicyclic) bond motifs is 3. The number of carbonyl (C=O) groups excluding carboxylic acids is 1. The van der Waals surface area contributed by atoms with Crippen LogP contribution in [-0.4, -0.2) is 35.5 Å². The zero-order valence-electron chi connectivity index (χ0n) is 12.8. The first-order valence-electron chi connectivity index (χ1n) is 8.41. The smallest absolute Gasteiger partial charge is 0.261 e. The van der Waals surface area contributed by atoms with Crippen molar-refractivity contribution in [3.05, 3.63) is 35.0 Å². The summed E-state index contributed by atoms with van der Waals surface area (Å²) in [6.07, 6.45) is 4.83. The van der Waals surface area contributed by atoms with Gasteiger partial charge in [-0.2, -0.15) is 0 Å². The molecule has 1 atom stereocenters.